The molecule has 0 atom stereocenters. The van der Waals surface area contributed by atoms with E-state index in [1.807, 2.05) is 13.8 Å². The monoisotopic (exact) mass is 379 g/mol. The van der Waals surface area contributed by atoms with Crippen molar-refractivity contribution in [1.82, 2.24) is 5.32 Å². The molecule has 0 bridgehead atoms. The van der Waals surface area contributed by atoms with E-state index in [0.29, 0.717) is 35.8 Å². The molecule has 0 radical (unpaired) electrons. The van der Waals surface area contributed by atoms with Crippen molar-refractivity contribution in [2.45, 2.75) is 26.7 Å². The van der Waals surface area contributed by atoms with Gasteiger partial charge in [-0.25, -0.2) is 0 Å². The second-order valence-electron chi connectivity index (χ2n) is 6.12. The fourth-order valence-corrected chi connectivity index (χ4v) is 2.57. The lowest BCUT2D eigenvalue weighted by Crippen LogP contribution is -2.25. The molecule has 1 amide bonds. The van der Waals surface area contributed by atoms with Crippen LogP contribution < -0.4 is 14.8 Å². The van der Waals surface area contributed by atoms with E-state index < -0.39 is 0 Å². The fraction of sp³-hybridized carbons (Fsp3) is 0.304. The average molecular weight is 379 g/mol. The summed E-state index contributed by atoms with van der Waals surface area (Å²) in [4.78, 5) is 25.4. The Morgan fingerprint density at radius 2 is 1.61 bits per heavy atom. The Morgan fingerprint density at radius 3 is 2.25 bits per heavy atom. The quantitative estimate of drug-likeness (QED) is 0.503. The first-order valence-corrected chi connectivity index (χ1v) is 9.37. The van der Waals surface area contributed by atoms with E-state index >= 15 is 0 Å². The van der Waals surface area contributed by atoms with E-state index in [2.05, 4.69) is 11.2 Å². The van der Waals surface area contributed by atoms with E-state index in [4.69, 9.17) is 15.9 Å². The standard InChI is InChI=1S/C23H25NO4/c1-4-13-24-23(26)19-10-8-7-9-18(19)22(25)17-11-12-20(27-14-5-2)21(16-17)28-15-6-3/h1,7-12,16H,5-6,13-15H2,2-3H3,(H,24,26). The topological polar surface area (TPSA) is 64.6 Å². The number of carbonyl (C=O) groups excluding carboxylic acids is 2. The molecule has 2 aromatic carbocycles. The van der Waals surface area contributed by atoms with E-state index in [9.17, 15) is 9.59 Å². The van der Waals surface area contributed by atoms with Crippen molar-refractivity contribution in [3.63, 3.8) is 0 Å². The second kappa shape index (κ2) is 10.8. The molecule has 5 heteroatoms. The largest absolute Gasteiger partial charge is 0.490 e. The Kier molecular flexibility index (Phi) is 8.11. The Balaban J connectivity index is 2.36. The lowest BCUT2D eigenvalue weighted by Gasteiger charge is -2.14. The highest BCUT2D eigenvalue weighted by Crippen LogP contribution is 2.30. The third-order valence-corrected chi connectivity index (χ3v) is 3.90. The predicted molar refractivity (Wildman–Crippen MR) is 109 cm³/mol. The zero-order valence-corrected chi connectivity index (χ0v) is 16.3. The maximum Gasteiger partial charge on any atom is 0.252 e. The van der Waals surface area contributed by atoms with Crippen molar-refractivity contribution in [1.29, 1.82) is 0 Å². The minimum Gasteiger partial charge on any atom is -0.490 e. The molecule has 2 rings (SSSR count). The first kappa shape index (κ1) is 21.0. The van der Waals surface area contributed by atoms with Crippen molar-refractivity contribution in [3.05, 3.63) is 59.2 Å². The SMILES string of the molecule is C#CCNC(=O)c1ccccc1C(=O)c1ccc(OCCC)c(OCCC)c1. The van der Waals surface area contributed by atoms with Crippen molar-refractivity contribution in [2.75, 3.05) is 19.8 Å². The molecule has 0 spiro atoms. The minimum atomic E-state index is -0.382. The number of nitrogens with one attached hydrogen (secondary N) is 1. The van der Waals surface area contributed by atoms with Gasteiger partial charge in [0.2, 0.25) is 0 Å². The predicted octanol–water partition coefficient (Wildman–Crippen LogP) is 3.86. The molecule has 0 aromatic heterocycles. The number of ketones is 1. The minimum absolute atomic E-state index is 0.0971. The molecule has 0 saturated heterocycles. The molecule has 0 saturated carbocycles. The van der Waals surface area contributed by atoms with Crippen LogP contribution in [0.25, 0.3) is 0 Å². The molecule has 146 valence electrons. The Bertz CT molecular complexity index is 867. The van der Waals surface area contributed by atoms with Crippen LogP contribution in [0.3, 0.4) is 0 Å². The zero-order chi connectivity index (χ0) is 20.4. The number of carbonyl (C=O) groups is 2. The third kappa shape index (κ3) is 5.37. The molecule has 0 aliphatic rings. The van der Waals surface area contributed by atoms with Crippen LogP contribution in [0.15, 0.2) is 42.5 Å². The molecule has 0 heterocycles. The van der Waals surface area contributed by atoms with E-state index in [1.54, 1.807) is 42.5 Å². The number of ether oxygens (including phenoxy) is 2. The number of benzene rings is 2. The summed E-state index contributed by atoms with van der Waals surface area (Å²) in [6, 6.07) is 11.7. The normalized spacial score (nSPS) is 10.0. The molecule has 1 N–H and O–H groups in total. The van der Waals surface area contributed by atoms with Gasteiger partial charge in [0, 0.05) is 11.1 Å². The van der Waals surface area contributed by atoms with E-state index in [-0.39, 0.29) is 23.8 Å². The Hall–Kier alpha value is -3.26. The van der Waals surface area contributed by atoms with Gasteiger partial charge in [0.15, 0.2) is 17.3 Å². The van der Waals surface area contributed by atoms with Gasteiger partial charge in [-0.15, -0.1) is 6.42 Å². The maximum absolute atomic E-state index is 13.1. The Morgan fingerprint density at radius 1 is 0.964 bits per heavy atom. The number of hydrogen-bond acceptors (Lipinski definition) is 4. The van der Waals surface area contributed by atoms with Crippen LogP contribution in [-0.2, 0) is 0 Å². The van der Waals surface area contributed by atoms with Gasteiger partial charge in [0.25, 0.3) is 5.91 Å². The average Bonchev–Trinajstić information content (AvgIpc) is 2.74. The molecule has 0 aliphatic heterocycles. The lowest BCUT2D eigenvalue weighted by atomic mass is 9.97. The van der Waals surface area contributed by atoms with Gasteiger partial charge in [-0.05, 0) is 37.1 Å². The summed E-state index contributed by atoms with van der Waals surface area (Å²) < 4.78 is 11.5. The van der Waals surface area contributed by atoms with Crippen LogP contribution in [0, 0.1) is 12.3 Å². The molecular formula is C23H25NO4. The second-order valence-corrected chi connectivity index (χ2v) is 6.12. The van der Waals surface area contributed by atoms with Crippen molar-refractivity contribution >= 4 is 11.7 Å². The van der Waals surface area contributed by atoms with Crippen LogP contribution >= 0.6 is 0 Å². The number of rotatable bonds is 10. The van der Waals surface area contributed by atoms with Gasteiger partial charge >= 0.3 is 0 Å². The van der Waals surface area contributed by atoms with E-state index in [1.165, 1.54) is 0 Å². The molecule has 0 unspecified atom stereocenters. The van der Waals surface area contributed by atoms with Gasteiger partial charge in [-0.3, -0.25) is 9.59 Å². The van der Waals surface area contributed by atoms with Gasteiger partial charge in [0.1, 0.15) is 0 Å². The smallest absolute Gasteiger partial charge is 0.252 e. The summed E-state index contributed by atoms with van der Waals surface area (Å²) >= 11 is 0. The number of amides is 1. The summed E-state index contributed by atoms with van der Waals surface area (Å²) in [6.45, 7) is 5.21. The van der Waals surface area contributed by atoms with Gasteiger partial charge < -0.3 is 14.8 Å². The molecule has 0 fully saturated rings. The van der Waals surface area contributed by atoms with Crippen LogP contribution in [-0.4, -0.2) is 31.4 Å². The van der Waals surface area contributed by atoms with Crippen molar-refractivity contribution in [3.8, 4) is 23.8 Å². The summed E-state index contributed by atoms with van der Waals surface area (Å²) in [5, 5.41) is 2.59. The summed E-state index contributed by atoms with van der Waals surface area (Å²) in [5.41, 5.74) is 1.01. The highest BCUT2D eigenvalue weighted by Gasteiger charge is 2.19. The fourth-order valence-electron chi connectivity index (χ4n) is 2.57. The van der Waals surface area contributed by atoms with E-state index in [0.717, 1.165) is 12.8 Å². The number of hydrogen-bond donors (Lipinski definition) is 1. The number of terminal acetylenes is 1. The maximum atomic E-state index is 13.1. The van der Waals surface area contributed by atoms with Crippen LogP contribution in [0.2, 0.25) is 0 Å². The van der Waals surface area contributed by atoms with Crippen LogP contribution in [0.1, 0.15) is 53.0 Å². The first-order valence-electron chi connectivity index (χ1n) is 9.37. The zero-order valence-electron chi connectivity index (χ0n) is 16.3. The lowest BCUT2D eigenvalue weighted by molar-refractivity contribution is 0.0946. The molecule has 5 nitrogen and oxygen atoms in total. The highest BCUT2D eigenvalue weighted by molar-refractivity contribution is 6.15. The van der Waals surface area contributed by atoms with Gasteiger partial charge in [-0.2, -0.15) is 0 Å². The molecule has 28 heavy (non-hydrogen) atoms. The first-order chi connectivity index (χ1) is 13.6. The van der Waals surface area contributed by atoms with Gasteiger partial charge in [-0.1, -0.05) is 38.0 Å². The Labute approximate surface area is 166 Å². The molecule has 0 aliphatic carbocycles. The third-order valence-electron chi connectivity index (χ3n) is 3.90. The van der Waals surface area contributed by atoms with Crippen molar-refractivity contribution < 1.29 is 19.1 Å². The molecular weight excluding hydrogens is 354 g/mol. The summed E-state index contributed by atoms with van der Waals surface area (Å²) in [6.07, 6.45) is 6.90. The van der Waals surface area contributed by atoms with Crippen molar-refractivity contribution in [2.24, 2.45) is 0 Å². The highest BCUT2D eigenvalue weighted by atomic mass is 16.5. The molecule has 2 aromatic rings. The summed E-state index contributed by atoms with van der Waals surface area (Å²) in [7, 11) is 0. The van der Waals surface area contributed by atoms with Crippen LogP contribution in [0.4, 0.5) is 0 Å². The van der Waals surface area contributed by atoms with Gasteiger partial charge in [0.05, 0.1) is 25.3 Å². The van der Waals surface area contributed by atoms with Crippen LogP contribution in [0.5, 0.6) is 11.5 Å². The summed E-state index contributed by atoms with van der Waals surface area (Å²) in [5.74, 6) is 2.83.